The van der Waals surface area contributed by atoms with Gasteiger partial charge in [-0.1, -0.05) is 0 Å². The van der Waals surface area contributed by atoms with Crippen LogP contribution in [-0.2, 0) is 36.1 Å². The number of ether oxygens (including phenoxy) is 1. The molecule has 0 aromatic carbocycles. The average molecular weight is 385 g/mol. The molecule has 4 unspecified atom stereocenters. The molecule has 0 amide bonds. The van der Waals surface area contributed by atoms with Crippen LogP contribution in [-0.4, -0.2) is 46.6 Å². The van der Waals surface area contributed by atoms with Crippen molar-refractivity contribution in [1.82, 2.24) is 0 Å². The molecule has 15 heteroatoms. The molecule has 22 heavy (non-hydrogen) atoms. The zero-order valence-electron chi connectivity index (χ0n) is 11.7. The molecule has 1 rings (SSSR count). The van der Waals surface area contributed by atoms with E-state index >= 15 is 0 Å². The fourth-order valence-corrected chi connectivity index (χ4v) is 4.92. The molecule has 5 N–H and O–H groups in total. The third kappa shape index (κ3) is 6.84. The third-order valence-corrected chi connectivity index (χ3v) is 6.77. The van der Waals surface area contributed by atoms with Gasteiger partial charge < -0.3 is 25.2 Å². The highest BCUT2D eigenvalue weighted by Gasteiger charge is 2.42. The fraction of sp³-hybridized carbons (Fsp3) is 1.00. The van der Waals surface area contributed by atoms with Crippen molar-refractivity contribution in [3.8, 4) is 0 Å². The van der Waals surface area contributed by atoms with Gasteiger partial charge >= 0.3 is 23.5 Å². The van der Waals surface area contributed by atoms with E-state index in [1.54, 1.807) is 6.92 Å². The van der Waals surface area contributed by atoms with E-state index in [1.165, 1.54) is 0 Å². The highest BCUT2D eigenvalue weighted by Crippen LogP contribution is 2.67. The lowest BCUT2D eigenvalue weighted by molar-refractivity contribution is 0.0144. The standard InChI is InChI=1S/C7H18NO11P3/c1-5-3-6(8)7(17-5)4-16-21(11,12)19-22(13,14)18-20(9,10)15-2/h5-7H,3-4,8H2,1-2H3,(H,9,10)(H,11,12)(H,13,14)/t5-,6?,7+/m0/s1. The summed E-state index contributed by atoms with van der Waals surface area (Å²) in [7, 11) is -14.7. The van der Waals surface area contributed by atoms with Crippen LogP contribution in [0.1, 0.15) is 13.3 Å². The lowest BCUT2D eigenvalue weighted by Gasteiger charge is -2.19. The molecule has 1 saturated heterocycles. The van der Waals surface area contributed by atoms with E-state index in [1.807, 2.05) is 0 Å². The van der Waals surface area contributed by atoms with Gasteiger partial charge in [-0.25, -0.2) is 13.7 Å². The molecule has 6 atom stereocenters. The van der Waals surface area contributed by atoms with Crippen molar-refractivity contribution in [3.05, 3.63) is 0 Å². The molecule has 0 aliphatic carbocycles. The van der Waals surface area contributed by atoms with Crippen molar-refractivity contribution in [2.75, 3.05) is 13.7 Å². The average Bonchev–Trinajstić information content (AvgIpc) is 2.62. The molecule has 0 aromatic rings. The van der Waals surface area contributed by atoms with Gasteiger partial charge in [0.1, 0.15) is 0 Å². The van der Waals surface area contributed by atoms with Crippen molar-refractivity contribution in [2.45, 2.75) is 31.6 Å². The summed E-state index contributed by atoms with van der Waals surface area (Å²) in [6.07, 6.45) is -0.369. The van der Waals surface area contributed by atoms with Crippen molar-refractivity contribution in [3.63, 3.8) is 0 Å². The van der Waals surface area contributed by atoms with Gasteiger partial charge in [0, 0.05) is 13.2 Å². The summed E-state index contributed by atoms with van der Waals surface area (Å²) in [6.45, 7) is 1.26. The predicted molar refractivity (Wildman–Crippen MR) is 71.5 cm³/mol. The summed E-state index contributed by atoms with van der Waals surface area (Å²) in [5.41, 5.74) is 5.69. The maximum absolute atomic E-state index is 11.5. The van der Waals surface area contributed by atoms with E-state index in [0.29, 0.717) is 6.42 Å². The molecule has 12 nitrogen and oxygen atoms in total. The van der Waals surface area contributed by atoms with Gasteiger partial charge in [0.05, 0.1) is 18.8 Å². The van der Waals surface area contributed by atoms with Gasteiger partial charge in [-0.2, -0.15) is 8.62 Å². The Labute approximate surface area is 126 Å². The zero-order chi connectivity index (χ0) is 17.2. The second-order valence-corrected chi connectivity index (χ2v) is 9.17. The van der Waals surface area contributed by atoms with Crippen LogP contribution >= 0.6 is 23.5 Å². The molecular formula is C7H18NO11P3. The Morgan fingerprint density at radius 2 is 1.68 bits per heavy atom. The largest absolute Gasteiger partial charge is 0.490 e. The first-order chi connectivity index (χ1) is 9.86. The first-order valence-corrected chi connectivity index (χ1v) is 10.4. The van der Waals surface area contributed by atoms with Crippen molar-refractivity contribution >= 4 is 23.5 Å². The van der Waals surface area contributed by atoms with Crippen LogP contribution < -0.4 is 5.73 Å². The monoisotopic (exact) mass is 385 g/mol. The second-order valence-electron chi connectivity index (χ2n) is 4.43. The van der Waals surface area contributed by atoms with E-state index in [2.05, 4.69) is 17.7 Å². The zero-order valence-corrected chi connectivity index (χ0v) is 14.4. The Hall–Kier alpha value is 0.330. The van der Waals surface area contributed by atoms with Gasteiger partial charge in [0.2, 0.25) is 0 Å². The van der Waals surface area contributed by atoms with Crippen LogP contribution in [0.2, 0.25) is 0 Å². The maximum atomic E-state index is 11.5. The van der Waals surface area contributed by atoms with Crippen LogP contribution in [0.15, 0.2) is 0 Å². The Balaban J connectivity index is 2.58. The smallest absolute Gasteiger partial charge is 0.371 e. The number of phosphoric acid groups is 3. The lowest BCUT2D eigenvalue weighted by atomic mass is 10.1. The number of hydrogen-bond donors (Lipinski definition) is 4. The molecule has 0 saturated carbocycles. The number of phosphoric ester groups is 2. The second kappa shape index (κ2) is 7.48. The fourth-order valence-electron chi connectivity index (χ4n) is 1.65. The first kappa shape index (κ1) is 20.4. The minimum absolute atomic E-state index is 0.170. The third-order valence-electron chi connectivity index (χ3n) is 2.53. The Bertz CT molecular complexity index is 526. The van der Waals surface area contributed by atoms with Crippen LogP contribution in [0.4, 0.5) is 0 Å². The summed E-state index contributed by atoms with van der Waals surface area (Å²) >= 11 is 0. The van der Waals surface area contributed by atoms with E-state index < -0.39 is 42.2 Å². The van der Waals surface area contributed by atoms with E-state index in [4.69, 9.17) is 20.3 Å². The highest BCUT2D eigenvalue weighted by molar-refractivity contribution is 7.66. The first-order valence-electron chi connectivity index (χ1n) is 5.88. The quantitative estimate of drug-likeness (QED) is 0.425. The van der Waals surface area contributed by atoms with Crippen LogP contribution in [0, 0.1) is 0 Å². The molecule has 0 spiro atoms. The Morgan fingerprint density at radius 3 is 2.14 bits per heavy atom. The molecule has 0 bridgehead atoms. The predicted octanol–water partition coefficient (Wildman–Crippen LogP) is 0.488. The molecule has 1 fully saturated rings. The summed E-state index contributed by atoms with van der Waals surface area (Å²) < 4.78 is 55.1. The highest BCUT2D eigenvalue weighted by atomic mass is 31.3. The van der Waals surface area contributed by atoms with Gasteiger partial charge in [-0.3, -0.25) is 9.05 Å². The van der Waals surface area contributed by atoms with Crippen molar-refractivity contribution in [1.29, 1.82) is 0 Å². The summed E-state index contributed by atoms with van der Waals surface area (Å²) in [5, 5.41) is 0. The molecule has 0 radical (unpaired) electrons. The minimum Gasteiger partial charge on any atom is -0.371 e. The SMILES string of the molecule is COP(=O)(O)OP(=O)(O)OP(=O)(O)OC[C@H]1O[C@@H](C)CC1N. The lowest BCUT2D eigenvalue weighted by Crippen LogP contribution is -2.33. The number of hydrogen-bond acceptors (Lipinski definition) is 9. The van der Waals surface area contributed by atoms with Crippen LogP contribution in [0.3, 0.4) is 0 Å². The summed E-state index contributed by atoms with van der Waals surface area (Å²) in [4.78, 5) is 27.3. The number of rotatable bonds is 8. The molecule has 1 heterocycles. The van der Waals surface area contributed by atoms with Gasteiger partial charge in [-0.05, 0) is 13.3 Å². The normalized spacial score (nSPS) is 33.8. The van der Waals surface area contributed by atoms with Crippen molar-refractivity contribution < 1.29 is 50.8 Å². The molecule has 132 valence electrons. The topological polar surface area (TPSA) is 184 Å². The van der Waals surface area contributed by atoms with Gasteiger partial charge in [-0.15, -0.1) is 0 Å². The number of nitrogens with two attached hydrogens (primary N) is 1. The summed E-state index contributed by atoms with van der Waals surface area (Å²) in [5.74, 6) is 0. The van der Waals surface area contributed by atoms with Crippen LogP contribution in [0.25, 0.3) is 0 Å². The van der Waals surface area contributed by atoms with Gasteiger partial charge in [0.15, 0.2) is 0 Å². The molecular weight excluding hydrogens is 367 g/mol. The van der Waals surface area contributed by atoms with E-state index in [9.17, 15) is 18.6 Å². The molecule has 1 aliphatic rings. The van der Waals surface area contributed by atoms with Crippen LogP contribution in [0.5, 0.6) is 0 Å². The van der Waals surface area contributed by atoms with Crippen molar-refractivity contribution in [2.24, 2.45) is 5.73 Å². The maximum Gasteiger partial charge on any atom is 0.490 e. The Kier molecular flexibility index (Phi) is 6.93. The van der Waals surface area contributed by atoms with E-state index in [-0.39, 0.29) is 6.10 Å². The van der Waals surface area contributed by atoms with Gasteiger partial charge in [0.25, 0.3) is 0 Å². The minimum atomic E-state index is -5.39. The molecule has 1 aliphatic heterocycles. The Morgan fingerprint density at radius 1 is 1.14 bits per heavy atom. The molecule has 0 aromatic heterocycles. The van der Waals surface area contributed by atoms with E-state index in [0.717, 1.165) is 7.11 Å². The summed E-state index contributed by atoms with van der Waals surface area (Å²) in [6, 6.07) is -0.446.